The van der Waals surface area contributed by atoms with Crippen molar-refractivity contribution < 1.29 is 17.1 Å². The highest BCUT2D eigenvalue weighted by Gasteiger charge is 2.26. The summed E-state index contributed by atoms with van der Waals surface area (Å²) >= 11 is 0. The van der Waals surface area contributed by atoms with E-state index in [9.17, 15) is 8.42 Å². The Balaban J connectivity index is 1.74. The van der Waals surface area contributed by atoms with Crippen LogP contribution in [-0.4, -0.2) is 44.5 Å². The number of hydrogen-bond acceptors (Lipinski definition) is 7. The summed E-state index contributed by atoms with van der Waals surface area (Å²) in [5.74, 6) is 1.33. The van der Waals surface area contributed by atoms with Crippen LogP contribution in [0.3, 0.4) is 0 Å². The van der Waals surface area contributed by atoms with Gasteiger partial charge in [0, 0.05) is 18.5 Å². The summed E-state index contributed by atoms with van der Waals surface area (Å²) < 4.78 is 32.0. The van der Waals surface area contributed by atoms with Gasteiger partial charge in [-0.2, -0.15) is 13.4 Å². The van der Waals surface area contributed by atoms with Gasteiger partial charge in [0.2, 0.25) is 0 Å². The van der Waals surface area contributed by atoms with Crippen LogP contribution in [-0.2, 0) is 19.7 Å². The van der Waals surface area contributed by atoms with E-state index in [1.54, 1.807) is 0 Å². The minimum Gasteiger partial charge on any atom is -0.324 e. The number of rotatable bonds is 6. The Bertz CT molecular complexity index is 598. The normalized spacial score (nSPS) is 17.7. The summed E-state index contributed by atoms with van der Waals surface area (Å²) in [6, 6.07) is 0.605. The zero-order valence-corrected chi connectivity index (χ0v) is 15.2. The summed E-state index contributed by atoms with van der Waals surface area (Å²) in [7, 11) is -3.32. The van der Waals surface area contributed by atoms with Crippen LogP contribution in [0.15, 0.2) is 4.52 Å². The van der Waals surface area contributed by atoms with Gasteiger partial charge in [-0.1, -0.05) is 25.9 Å². The average molecular weight is 345 g/mol. The minimum absolute atomic E-state index is 0.111. The molecule has 0 amide bonds. The molecule has 0 spiro atoms. The molecule has 132 valence electrons. The van der Waals surface area contributed by atoms with E-state index in [4.69, 9.17) is 8.71 Å². The molecular formula is C15H27N3O4S. The van der Waals surface area contributed by atoms with E-state index in [1.165, 1.54) is 0 Å². The third-order valence-corrected chi connectivity index (χ3v) is 4.62. The van der Waals surface area contributed by atoms with Crippen molar-refractivity contribution in [2.75, 3.05) is 30.9 Å². The molecule has 0 atom stereocenters. The maximum absolute atomic E-state index is 10.9. The molecule has 0 radical (unpaired) electrons. The van der Waals surface area contributed by atoms with Crippen LogP contribution >= 0.6 is 0 Å². The Morgan fingerprint density at radius 3 is 2.48 bits per heavy atom. The summed E-state index contributed by atoms with van der Waals surface area (Å²) in [5.41, 5.74) is -0.111. The number of anilines is 1. The number of nitrogens with zero attached hydrogens (tertiary/aromatic N) is 3. The predicted molar refractivity (Wildman–Crippen MR) is 88.0 cm³/mol. The molecule has 1 aliphatic heterocycles. The van der Waals surface area contributed by atoms with Crippen LogP contribution in [0.5, 0.6) is 0 Å². The van der Waals surface area contributed by atoms with Gasteiger partial charge in [-0.25, -0.2) is 0 Å². The second-order valence-corrected chi connectivity index (χ2v) is 8.89. The van der Waals surface area contributed by atoms with Crippen molar-refractivity contribution in [1.29, 1.82) is 0 Å². The number of piperidine rings is 1. The molecule has 1 saturated heterocycles. The van der Waals surface area contributed by atoms with Crippen molar-refractivity contribution in [2.45, 2.75) is 51.9 Å². The zero-order valence-electron chi connectivity index (χ0n) is 14.4. The van der Waals surface area contributed by atoms with Gasteiger partial charge in [-0.05, 0) is 31.6 Å². The smallest absolute Gasteiger partial charge is 0.324 e. The maximum Gasteiger partial charge on any atom is 0.324 e. The minimum atomic E-state index is -3.32. The fourth-order valence-corrected chi connectivity index (χ4v) is 3.06. The lowest BCUT2D eigenvalue weighted by atomic mass is 9.92. The largest absolute Gasteiger partial charge is 0.324 e. The zero-order chi connectivity index (χ0) is 17.1. The van der Waals surface area contributed by atoms with Gasteiger partial charge in [0.25, 0.3) is 10.1 Å². The van der Waals surface area contributed by atoms with Crippen LogP contribution in [0.4, 0.5) is 6.01 Å². The Morgan fingerprint density at radius 2 is 1.96 bits per heavy atom. The highest BCUT2D eigenvalue weighted by molar-refractivity contribution is 7.85. The molecule has 0 saturated carbocycles. The summed E-state index contributed by atoms with van der Waals surface area (Å²) in [6.07, 6.45) is 4.94. The van der Waals surface area contributed by atoms with Gasteiger partial charge in [-0.3, -0.25) is 4.18 Å². The van der Waals surface area contributed by atoms with Gasteiger partial charge in [-0.15, -0.1) is 0 Å². The second kappa shape index (κ2) is 7.17. The Labute approximate surface area is 138 Å². The quantitative estimate of drug-likeness (QED) is 0.578. The Kier molecular flexibility index (Phi) is 5.67. The lowest BCUT2D eigenvalue weighted by Crippen LogP contribution is -2.34. The molecule has 0 aromatic carbocycles. The van der Waals surface area contributed by atoms with Crippen LogP contribution in [0.25, 0.3) is 0 Å². The van der Waals surface area contributed by atoms with Gasteiger partial charge in [0.05, 0.1) is 12.9 Å². The number of hydrogen-bond donors (Lipinski definition) is 0. The Morgan fingerprint density at radius 1 is 1.30 bits per heavy atom. The van der Waals surface area contributed by atoms with Crippen molar-refractivity contribution in [1.82, 2.24) is 10.1 Å². The van der Waals surface area contributed by atoms with Crippen molar-refractivity contribution in [3.63, 3.8) is 0 Å². The SMILES string of the molecule is CC(C)(C)c1noc(N2CCC(CCCOS(C)(=O)=O)CC2)n1. The van der Waals surface area contributed by atoms with Crippen LogP contribution < -0.4 is 4.90 Å². The first-order chi connectivity index (χ1) is 10.6. The third kappa shape index (κ3) is 5.76. The fourth-order valence-electron chi connectivity index (χ4n) is 2.64. The van der Waals surface area contributed by atoms with Crippen LogP contribution in [0, 0.1) is 5.92 Å². The molecule has 1 fully saturated rings. The molecule has 1 aliphatic rings. The molecule has 2 heterocycles. The van der Waals surface area contributed by atoms with Crippen molar-refractivity contribution in [2.24, 2.45) is 5.92 Å². The van der Waals surface area contributed by atoms with Crippen molar-refractivity contribution in [3.05, 3.63) is 5.82 Å². The van der Waals surface area contributed by atoms with Gasteiger partial charge in [0.15, 0.2) is 5.82 Å². The summed E-state index contributed by atoms with van der Waals surface area (Å²) in [6.45, 7) is 8.25. The highest BCUT2D eigenvalue weighted by Crippen LogP contribution is 2.27. The lowest BCUT2D eigenvalue weighted by molar-refractivity contribution is 0.281. The predicted octanol–water partition coefficient (Wildman–Crippen LogP) is 2.34. The molecule has 7 nitrogen and oxygen atoms in total. The molecule has 23 heavy (non-hydrogen) atoms. The van der Waals surface area contributed by atoms with Crippen LogP contribution in [0.2, 0.25) is 0 Å². The monoisotopic (exact) mass is 345 g/mol. The van der Waals surface area contributed by atoms with Gasteiger partial charge < -0.3 is 9.42 Å². The molecule has 0 aliphatic carbocycles. The molecule has 1 aromatic rings. The lowest BCUT2D eigenvalue weighted by Gasteiger charge is -2.30. The average Bonchev–Trinajstić information content (AvgIpc) is 2.93. The summed E-state index contributed by atoms with van der Waals surface area (Å²) in [5, 5.41) is 4.06. The van der Waals surface area contributed by atoms with E-state index in [1.807, 2.05) is 0 Å². The number of aromatic nitrogens is 2. The van der Waals surface area contributed by atoms with Crippen molar-refractivity contribution in [3.8, 4) is 0 Å². The first-order valence-electron chi connectivity index (χ1n) is 8.09. The van der Waals surface area contributed by atoms with E-state index in [2.05, 4.69) is 35.8 Å². The molecule has 1 aromatic heterocycles. The van der Waals surface area contributed by atoms with E-state index in [-0.39, 0.29) is 12.0 Å². The third-order valence-electron chi connectivity index (χ3n) is 4.03. The van der Waals surface area contributed by atoms with E-state index >= 15 is 0 Å². The fraction of sp³-hybridized carbons (Fsp3) is 0.867. The molecule has 8 heteroatoms. The summed E-state index contributed by atoms with van der Waals surface area (Å²) in [4.78, 5) is 6.62. The molecule has 0 unspecified atom stereocenters. The molecule has 2 rings (SSSR count). The standard InChI is InChI=1S/C15H27N3O4S/c1-15(2,3)13-16-14(22-17-13)18-9-7-12(8-10-18)6-5-11-21-23(4,19)20/h12H,5-11H2,1-4H3. The first-order valence-corrected chi connectivity index (χ1v) is 9.90. The van der Waals surface area contributed by atoms with E-state index < -0.39 is 10.1 Å². The van der Waals surface area contributed by atoms with Crippen LogP contribution in [0.1, 0.15) is 52.3 Å². The highest BCUT2D eigenvalue weighted by atomic mass is 32.2. The Hall–Kier alpha value is -1.15. The first kappa shape index (κ1) is 18.2. The molecule has 0 bridgehead atoms. The topological polar surface area (TPSA) is 85.5 Å². The van der Waals surface area contributed by atoms with E-state index in [0.29, 0.717) is 11.9 Å². The van der Waals surface area contributed by atoms with Crippen molar-refractivity contribution >= 4 is 16.1 Å². The molecule has 0 N–H and O–H groups in total. The van der Waals surface area contributed by atoms with Gasteiger partial charge >= 0.3 is 6.01 Å². The molecular weight excluding hydrogens is 318 g/mol. The van der Waals surface area contributed by atoms with Gasteiger partial charge in [0.1, 0.15) is 0 Å². The second-order valence-electron chi connectivity index (χ2n) is 7.25. The maximum atomic E-state index is 10.9. The van der Waals surface area contributed by atoms with E-state index in [0.717, 1.165) is 50.9 Å².